The zero-order chi connectivity index (χ0) is 12.0. The summed E-state index contributed by atoms with van der Waals surface area (Å²) in [7, 11) is 0. The molecule has 1 aliphatic carbocycles. The van der Waals surface area contributed by atoms with Gasteiger partial charge in [0.15, 0.2) is 0 Å². The Morgan fingerprint density at radius 1 is 1.00 bits per heavy atom. The molecule has 0 radical (unpaired) electrons. The minimum atomic E-state index is -0.0969. The summed E-state index contributed by atoms with van der Waals surface area (Å²) < 4.78 is 0. The fraction of sp³-hybridized carbons (Fsp3) is 0.600. The second kappa shape index (κ2) is 3.59. The summed E-state index contributed by atoms with van der Waals surface area (Å²) in [4.78, 5) is 0. The van der Waals surface area contributed by atoms with Crippen molar-refractivity contribution in [2.24, 2.45) is 11.1 Å². The molecule has 1 aliphatic rings. The lowest BCUT2D eigenvalue weighted by molar-refractivity contribution is 0.339. The molecule has 0 amide bonds. The van der Waals surface area contributed by atoms with E-state index >= 15 is 0 Å². The highest BCUT2D eigenvalue weighted by Crippen LogP contribution is 2.47. The highest BCUT2D eigenvalue weighted by Gasteiger charge is 2.41. The van der Waals surface area contributed by atoms with Crippen LogP contribution in [-0.2, 0) is 5.54 Å². The molecule has 1 nitrogen and oxygen atoms in total. The molecular weight excluding hydrogens is 194 g/mol. The molecule has 0 spiro atoms. The van der Waals surface area contributed by atoms with Crippen LogP contribution in [0.25, 0.3) is 0 Å². The van der Waals surface area contributed by atoms with Gasteiger partial charge in [-0.25, -0.2) is 0 Å². The maximum atomic E-state index is 6.59. The first kappa shape index (κ1) is 11.7. The van der Waals surface area contributed by atoms with Crippen LogP contribution in [0.1, 0.15) is 49.8 Å². The Balaban J connectivity index is 2.37. The van der Waals surface area contributed by atoms with E-state index in [0.29, 0.717) is 5.41 Å². The second-order valence-corrected chi connectivity index (χ2v) is 6.37. The summed E-state index contributed by atoms with van der Waals surface area (Å²) in [5.41, 5.74) is 10.9. The van der Waals surface area contributed by atoms with Gasteiger partial charge in [0.05, 0.1) is 0 Å². The molecule has 2 rings (SSSR count). The Kier molecular flexibility index (Phi) is 2.62. The number of rotatable bonds is 1. The number of hydrogen-bond donors (Lipinski definition) is 1. The predicted molar refractivity (Wildman–Crippen MR) is 69.4 cm³/mol. The van der Waals surface area contributed by atoms with E-state index in [2.05, 4.69) is 45.9 Å². The zero-order valence-corrected chi connectivity index (χ0v) is 10.9. The van der Waals surface area contributed by atoms with E-state index in [1.165, 1.54) is 23.1 Å². The second-order valence-electron chi connectivity index (χ2n) is 6.37. The summed E-state index contributed by atoms with van der Waals surface area (Å²) in [5.74, 6) is 0. The molecule has 0 bridgehead atoms. The molecular formula is C15H23N. The summed E-state index contributed by atoms with van der Waals surface area (Å²) in [5, 5.41) is 0. The number of nitrogens with two attached hydrogens (primary N) is 1. The van der Waals surface area contributed by atoms with Crippen molar-refractivity contribution in [3.8, 4) is 0 Å². The fourth-order valence-corrected chi connectivity index (χ4v) is 3.10. The SMILES string of the molecule is Cc1cc(C)cc(C2(N)CCC(C)(C)C2)c1. The van der Waals surface area contributed by atoms with Crippen molar-refractivity contribution < 1.29 is 0 Å². The van der Waals surface area contributed by atoms with Gasteiger partial charge in [-0.1, -0.05) is 43.2 Å². The summed E-state index contributed by atoms with van der Waals surface area (Å²) in [6.45, 7) is 8.95. The third kappa shape index (κ3) is 2.15. The van der Waals surface area contributed by atoms with Gasteiger partial charge >= 0.3 is 0 Å². The van der Waals surface area contributed by atoms with Crippen LogP contribution >= 0.6 is 0 Å². The van der Waals surface area contributed by atoms with Crippen LogP contribution in [0.4, 0.5) is 0 Å². The minimum absolute atomic E-state index is 0.0969. The van der Waals surface area contributed by atoms with Crippen molar-refractivity contribution >= 4 is 0 Å². The quantitative estimate of drug-likeness (QED) is 0.763. The summed E-state index contributed by atoms with van der Waals surface area (Å²) in [6.07, 6.45) is 3.45. The van der Waals surface area contributed by atoms with E-state index in [4.69, 9.17) is 5.73 Å². The molecule has 1 aromatic rings. The minimum Gasteiger partial charge on any atom is -0.321 e. The first-order valence-electron chi connectivity index (χ1n) is 6.18. The predicted octanol–water partition coefficient (Wildman–Crippen LogP) is 3.67. The lowest BCUT2D eigenvalue weighted by Crippen LogP contribution is -2.34. The van der Waals surface area contributed by atoms with E-state index in [1.54, 1.807) is 0 Å². The topological polar surface area (TPSA) is 26.0 Å². The standard InChI is InChI=1S/C15H23N/c1-11-7-12(2)9-13(8-11)15(16)6-5-14(3,4)10-15/h7-9H,5-6,10,16H2,1-4H3. The van der Waals surface area contributed by atoms with Crippen molar-refractivity contribution in [3.63, 3.8) is 0 Å². The highest BCUT2D eigenvalue weighted by atomic mass is 14.8. The fourth-order valence-electron chi connectivity index (χ4n) is 3.10. The summed E-state index contributed by atoms with van der Waals surface area (Å²) in [6, 6.07) is 6.73. The van der Waals surface area contributed by atoms with E-state index < -0.39 is 0 Å². The highest BCUT2D eigenvalue weighted by molar-refractivity contribution is 5.34. The monoisotopic (exact) mass is 217 g/mol. The molecule has 1 heteroatoms. The number of hydrogen-bond acceptors (Lipinski definition) is 1. The smallest absolute Gasteiger partial charge is 0.0415 e. The van der Waals surface area contributed by atoms with Gasteiger partial charge in [0, 0.05) is 5.54 Å². The average Bonchev–Trinajstić information content (AvgIpc) is 2.40. The third-order valence-electron chi connectivity index (χ3n) is 3.84. The van der Waals surface area contributed by atoms with Crippen molar-refractivity contribution in [1.82, 2.24) is 0 Å². The van der Waals surface area contributed by atoms with Crippen LogP contribution in [0.5, 0.6) is 0 Å². The van der Waals surface area contributed by atoms with Crippen LogP contribution < -0.4 is 5.73 Å². The number of benzene rings is 1. The van der Waals surface area contributed by atoms with Gasteiger partial charge in [-0.2, -0.15) is 0 Å². The third-order valence-corrected chi connectivity index (χ3v) is 3.84. The lowest BCUT2D eigenvalue weighted by Gasteiger charge is -2.27. The molecule has 0 heterocycles. The Morgan fingerprint density at radius 2 is 1.56 bits per heavy atom. The maximum absolute atomic E-state index is 6.59. The van der Waals surface area contributed by atoms with Crippen LogP contribution in [-0.4, -0.2) is 0 Å². The van der Waals surface area contributed by atoms with Gasteiger partial charge in [-0.15, -0.1) is 0 Å². The van der Waals surface area contributed by atoms with Gasteiger partial charge in [0.2, 0.25) is 0 Å². The Hall–Kier alpha value is -0.820. The van der Waals surface area contributed by atoms with Crippen LogP contribution in [0.15, 0.2) is 18.2 Å². The summed E-state index contributed by atoms with van der Waals surface area (Å²) >= 11 is 0. The molecule has 1 atom stereocenters. The zero-order valence-electron chi connectivity index (χ0n) is 10.9. The van der Waals surface area contributed by atoms with Crippen LogP contribution in [0.3, 0.4) is 0 Å². The molecule has 0 aliphatic heterocycles. The molecule has 1 saturated carbocycles. The lowest BCUT2D eigenvalue weighted by atomic mass is 9.83. The van der Waals surface area contributed by atoms with Gasteiger partial charge < -0.3 is 5.73 Å². The van der Waals surface area contributed by atoms with Crippen LogP contribution in [0.2, 0.25) is 0 Å². The molecule has 1 unspecified atom stereocenters. The molecule has 1 fully saturated rings. The Labute approximate surface area is 99.0 Å². The van der Waals surface area contributed by atoms with Gasteiger partial charge in [-0.3, -0.25) is 0 Å². The van der Waals surface area contributed by atoms with Gasteiger partial charge in [-0.05, 0) is 44.1 Å². The van der Waals surface area contributed by atoms with E-state index in [1.807, 2.05) is 0 Å². The molecule has 2 N–H and O–H groups in total. The van der Waals surface area contributed by atoms with Crippen molar-refractivity contribution in [2.75, 3.05) is 0 Å². The number of aryl methyl sites for hydroxylation is 2. The van der Waals surface area contributed by atoms with E-state index in [0.717, 1.165) is 12.8 Å². The Morgan fingerprint density at radius 3 is 2.00 bits per heavy atom. The van der Waals surface area contributed by atoms with Crippen molar-refractivity contribution in [3.05, 3.63) is 34.9 Å². The van der Waals surface area contributed by atoms with Crippen LogP contribution in [0, 0.1) is 19.3 Å². The van der Waals surface area contributed by atoms with Crippen molar-refractivity contribution in [1.29, 1.82) is 0 Å². The largest absolute Gasteiger partial charge is 0.321 e. The first-order valence-corrected chi connectivity index (χ1v) is 6.18. The molecule has 16 heavy (non-hydrogen) atoms. The van der Waals surface area contributed by atoms with Crippen molar-refractivity contribution in [2.45, 2.75) is 52.5 Å². The Bertz CT molecular complexity index is 386. The molecule has 0 saturated heterocycles. The normalized spacial score (nSPS) is 28.3. The average molecular weight is 217 g/mol. The molecule has 88 valence electrons. The van der Waals surface area contributed by atoms with E-state index in [-0.39, 0.29) is 5.54 Å². The van der Waals surface area contributed by atoms with E-state index in [9.17, 15) is 0 Å². The first-order chi connectivity index (χ1) is 7.31. The van der Waals surface area contributed by atoms with Gasteiger partial charge in [0.1, 0.15) is 0 Å². The maximum Gasteiger partial charge on any atom is 0.0415 e. The molecule has 1 aromatic carbocycles. The molecule has 0 aromatic heterocycles. The van der Waals surface area contributed by atoms with Gasteiger partial charge in [0.25, 0.3) is 0 Å².